The van der Waals surface area contributed by atoms with Gasteiger partial charge in [-0.2, -0.15) is 0 Å². The zero-order chi connectivity index (χ0) is 31.3. The third-order valence-corrected chi connectivity index (χ3v) is 11.6. The number of fused-ring (bicyclic) bond motifs is 2. The van der Waals surface area contributed by atoms with Crippen molar-refractivity contribution in [3.63, 3.8) is 0 Å². The summed E-state index contributed by atoms with van der Waals surface area (Å²) in [6, 6.07) is 1.80. The topological polar surface area (TPSA) is 272 Å². The van der Waals surface area contributed by atoms with Crippen LogP contribution in [0.25, 0.3) is 11.2 Å². The Morgan fingerprint density at radius 3 is 2.63 bits per heavy atom. The maximum Gasteiger partial charge on any atom is 0.280 e. The molecule has 8 atom stereocenters. The number of rotatable bonds is 11. The Morgan fingerprint density at radius 1 is 1.23 bits per heavy atom. The van der Waals surface area contributed by atoms with Crippen molar-refractivity contribution >= 4 is 80.0 Å². The Hall–Kier alpha value is -1.29. The number of amides is 1. The van der Waals surface area contributed by atoms with Crippen LogP contribution in [-0.4, -0.2) is 61.5 Å². The predicted molar refractivity (Wildman–Crippen MR) is 142 cm³/mol. The normalized spacial score (nSPS) is 27.8. The number of ether oxygens (including phenoxy) is 3. The second-order valence-corrected chi connectivity index (χ2v) is 15.7. The summed E-state index contributed by atoms with van der Waals surface area (Å²) < 4.78 is 66.0. The van der Waals surface area contributed by atoms with E-state index in [1.165, 1.54) is 22.2 Å². The predicted octanol–water partition coefficient (Wildman–Crippen LogP) is 0.393. The minimum Gasteiger partial charge on any atom is -0.756 e. The van der Waals surface area contributed by atoms with E-state index in [2.05, 4.69) is 49.3 Å². The van der Waals surface area contributed by atoms with Crippen LogP contribution >= 0.6 is 63.0 Å². The second kappa shape index (κ2) is 12.5. The largest absolute Gasteiger partial charge is 0.756 e. The van der Waals surface area contributed by atoms with Crippen molar-refractivity contribution in [2.75, 3.05) is 6.61 Å². The molecule has 2 saturated heterocycles. The molecule has 5 rings (SSSR count). The lowest BCUT2D eigenvalue weighted by Gasteiger charge is -2.33. The standard InChI is InChI=1S/C18H21BrN5O14P3S2/c1-7-22-14-10(16(42)23-7)21-6-24(14)17-12-11(35-18(36-12)15(25)20-4-8-2-3-43-13(8)19)9(34-17)5-33-40(29,30)38-41(31,32)37-39(26,27)28/h2-3,6,9,11-12,17-18H,4-5H2,1H3,(H,20,25)(H,29,30)(H,31,32)(H,22,23,42)(H2,26,27,28)/p-3. The number of hydrogen-bond acceptors (Lipinski definition) is 17. The van der Waals surface area contributed by atoms with E-state index >= 15 is 0 Å². The highest BCUT2D eigenvalue weighted by Crippen LogP contribution is 2.61. The van der Waals surface area contributed by atoms with Gasteiger partial charge < -0.3 is 48.6 Å². The van der Waals surface area contributed by atoms with Crippen LogP contribution in [0, 0.1) is 11.6 Å². The van der Waals surface area contributed by atoms with Crippen LogP contribution in [0.5, 0.6) is 0 Å². The van der Waals surface area contributed by atoms with E-state index in [4.69, 9.17) is 31.3 Å². The van der Waals surface area contributed by atoms with Crippen molar-refractivity contribution in [3.05, 3.63) is 37.6 Å². The molecule has 3 aromatic heterocycles. The van der Waals surface area contributed by atoms with Crippen LogP contribution in [0.4, 0.5) is 0 Å². The van der Waals surface area contributed by atoms with Crippen molar-refractivity contribution in [3.8, 4) is 0 Å². The number of aromatic amines is 1. The van der Waals surface area contributed by atoms with Crippen molar-refractivity contribution in [1.82, 2.24) is 24.8 Å². The maximum absolute atomic E-state index is 12.9. The number of carbonyl (C=O) groups is 1. The van der Waals surface area contributed by atoms with Crippen molar-refractivity contribution in [2.45, 2.75) is 44.3 Å². The van der Waals surface area contributed by atoms with E-state index < -0.39 is 66.8 Å². The lowest BCUT2D eigenvalue weighted by molar-refractivity contribution is -0.250. The molecule has 0 spiro atoms. The molecule has 0 bridgehead atoms. The van der Waals surface area contributed by atoms with Crippen LogP contribution in [-0.2, 0) is 52.4 Å². The fourth-order valence-corrected chi connectivity index (χ4v) is 8.64. The van der Waals surface area contributed by atoms with Crippen LogP contribution in [0.1, 0.15) is 17.6 Å². The molecule has 0 saturated carbocycles. The van der Waals surface area contributed by atoms with E-state index in [0.717, 1.165) is 9.35 Å². The molecule has 1 amide bonds. The summed E-state index contributed by atoms with van der Waals surface area (Å²) in [4.78, 5) is 67.2. The van der Waals surface area contributed by atoms with Crippen molar-refractivity contribution in [2.24, 2.45) is 0 Å². The van der Waals surface area contributed by atoms with Gasteiger partial charge in [0.25, 0.3) is 29.4 Å². The number of thiophene rings is 1. The van der Waals surface area contributed by atoms with Crippen LogP contribution < -0.4 is 20.0 Å². The Balaban J connectivity index is 1.36. The number of carbonyl (C=O) groups excluding carboxylic acids is 1. The van der Waals surface area contributed by atoms with E-state index in [1.807, 2.05) is 5.38 Å². The van der Waals surface area contributed by atoms with E-state index in [1.54, 1.807) is 13.0 Å². The number of hydrogen-bond donors (Lipinski definition) is 3. The molecule has 236 valence electrons. The van der Waals surface area contributed by atoms with Gasteiger partial charge >= 0.3 is 0 Å². The van der Waals surface area contributed by atoms with Crippen molar-refractivity contribution in [1.29, 1.82) is 0 Å². The van der Waals surface area contributed by atoms with Gasteiger partial charge in [-0.15, -0.1) is 11.3 Å². The minimum atomic E-state index is -6.12. The minimum absolute atomic E-state index is 0.140. The summed E-state index contributed by atoms with van der Waals surface area (Å²) in [5.41, 5.74) is 1.46. The molecular formula is C18H18BrN5O14P3S2-3. The van der Waals surface area contributed by atoms with Gasteiger partial charge in [0.1, 0.15) is 35.3 Å². The molecule has 2 aliphatic rings. The van der Waals surface area contributed by atoms with Crippen LogP contribution in [0.2, 0.25) is 0 Å². The van der Waals surface area contributed by atoms with Gasteiger partial charge in [0.2, 0.25) is 6.29 Å². The molecule has 3 aromatic rings. The number of aryl methyl sites for hydroxylation is 1. The zero-order valence-electron chi connectivity index (χ0n) is 21.2. The molecule has 2 aliphatic heterocycles. The van der Waals surface area contributed by atoms with Gasteiger partial charge in [0, 0.05) is 6.54 Å². The van der Waals surface area contributed by atoms with Gasteiger partial charge in [0.15, 0.2) is 10.9 Å². The molecule has 43 heavy (non-hydrogen) atoms. The number of aromatic nitrogens is 4. The van der Waals surface area contributed by atoms with Gasteiger partial charge in [-0.1, -0.05) is 12.2 Å². The number of halogens is 1. The first-order valence-electron chi connectivity index (χ1n) is 11.6. The van der Waals surface area contributed by atoms with Crippen molar-refractivity contribution < 1.29 is 65.4 Å². The number of phosphoric acid groups is 3. The van der Waals surface area contributed by atoms with E-state index in [9.17, 15) is 33.2 Å². The number of nitrogens with one attached hydrogen (secondary N) is 2. The molecule has 0 aromatic carbocycles. The molecule has 19 nitrogen and oxygen atoms in total. The maximum atomic E-state index is 12.9. The average Bonchev–Trinajstić information content (AvgIpc) is 3.63. The monoisotopic (exact) mass is 764 g/mol. The number of nitrogens with zero attached hydrogens (tertiary/aromatic N) is 3. The lowest BCUT2D eigenvalue weighted by atomic mass is 10.1. The molecule has 5 heterocycles. The van der Waals surface area contributed by atoms with Gasteiger partial charge in [0.05, 0.1) is 16.7 Å². The highest BCUT2D eigenvalue weighted by atomic mass is 79.9. The smallest absolute Gasteiger partial charge is 0.280 e. The fraction of sp³-hybridized carbons (Fsp3) is 0.444. The molecule has 2 fully saturated rings. The number of phosphoric ester groups is 1. The first-order valence-corrected chi connectivity index (χ1v) is 18.1. The zero-order valence-corrected chi connectivity index (χ0v) is 27.1. The Morgan fingerprint density at radius 2 is 1.95 bits per heavy atom. The molecule has 3 N–H and O–H groups in total. The van der Waals surface area contributed by atoms with E-state index in [0.29, 0.717) is 17.0 Å². The lowest BCUT2D eigenvalue weighted by Crippen LogP contribution is -2.37. The summed E-state index contributed by atoms with van der Waals surface area (Å²) in [5.74, 6) is -0.220. The molecule has 25 heteroatoms. The number of imidazole rings is 1. The Labute approximate surface area is 258 Å². The third kappa shape index (κ3) is 7.75. The number of H-pyrrole nitrogens is 1. The first-order chi connectivity index (χ1) is 20.0. The molecule has 0 radical (unpaired) electrons. The summed E-state index contributed by atoms with van der Waals surface area (Å²) in [6.45, 7) is 0.839. The Kier molecular flexibility index (Phi) is 9.60. The molecule has 8 unspecified atom stereocenters. The summed E-state index contributed by atoms with van der Waals surface area (Å²) in [6.07, 6.45) is -4.79. The summed E-state index contributed by atoms with van der Waals surface area (Å²) >= 11 is 10.1. The second-order valence-electron chi connectivity index (χ2n) is 8.83. The summed E-state index contributed by atoms with van der Waals surface area (Å²) in [5, 5.41) is 4.49. The van der Waals surface area contributed by atoms with Crippen LogP contribution in [0.15, 0.2) is 21.6 Å². The fourth-order valence-electron chi connectivity index (χ4n) is 4.22. The van der Waals surface area contributed by atoms with Gasteiger partial charge in [-0.25, -0.2) is 18.6 Å². The Bertz CT molecular complexity index is 1750. The third-order valence-electron chi connectivity index (χ3n) is 5.85. The quantitative estimate of drug-likeness (QED) is 0.176. The first kappa shape index (κ1) is 33.1. The highest BCUT2D eigenvalue weighted by molar-refractivity contribution is 9.11. The van der Waals surface area contributed by atoms with Gasteiger partial charge in [-0.05, 0) is 39.9 Å². The van der Waals surface area contributed by atoms with Gasteiger partial charge in [-0.3, -0.25) is 23.1 Å². The highest BCUT2D eigenvalue weighted by Gasteiger charge is 2.55. The van der Waals surface area contributed by atoms with E-state index in [-0.39, 0.29) is 11.2 Å². The average molecular weight is 765 g/mol. The SMILES string of the molecule is Cc1nc(=S)c2ncn(C3OC(COP(=O)([O-])OP(=O)([O-])OP(=O)([O-])O)C4OC(C(=O)NCc5ccsc5Br)OC43)c2[nH]1. The summed E-state index contributed by atoms with van der Waals surface area (Å²) in [7, 11) is -17.9. The molecular weight excluding hydrogens is 747 g/mol. The molecule has 0 aliphatic carbocycles. The van der Waals surface area contributed by atoms with Crippen LogP contribution in [0.3, 0.4) is 0 Å².